The SMILES string of the molecule is CCN(CC)CCCC(C)NC(=NC)NCc1ccc(Oc2ccc(OC)cc2)nc1. The molecule has 0 aliphatic heterocycles. The Balaban J connectivity index is 1.76. The Morgan fingerprint density at radius 3 is 2.39 bits per heavy atom. The standard InChI is InChI=1S/C24H37N5O2/c1-6-29(7-2)16-8-9-19(3)28-24(25-4)27-18-20-10-15-23(26-17-20)31-22-13-11-21(30-5)12-14-22/h10-15,17,19H,6-9,16,18H2,1-5H3,(H2,25,27,28). The molecule has 2 N–H and O–H groups in total. The Labute approximate surface area is 186 Å². The van der Waals surface area contributed by atoms with E-state index < -0.39 is 0 Å². The fourth-order valence-corrected chi connectivity index (χ4v) is 3.19. The molecule has 0 bridgehead atoms. The highest BCUT2D eigenvalue weighted by atomic mass is 16.5. The van der Waals surface area contributed by atoms with Crippen molar-refractivity contribution < 1.29 is 9.47 Å². The van der Waals surface area contributed by atoms with Crippen molar-refractivity contribution in [2.45, 2.75) is 46.2 Å². The van der Waals surface area contributed by atoms with Gasteiger partial charge in [0.05, 0.1) is 7.11 Å². The van der Waals surface area contributed by atoms with E-state index in [9.17, 15) is 0 Å². The molecule has 31 heavy (non-hydrogen) atoms. The van der Waals surface area contributed by atoms with Gasteiger partial charge in [0, 0.05) is 31.9 Å². The van der Waals surface area contributed by atoms with Gasteiger partial charge in [-0.3, -0.25) is 4.99 Å². The van der Waals surface area contributed by atoms with Gasteiger partial charge in [-0.05, 0) is 69.2 Å². The van der Waals surface area contributed by atoms with Crippen LogP contribution in [0.2, 0.25) is 0 Å². The predicted molar refractivity (Wildman–Crippen MR) is 127 cm³/mol. The topological polar surface area (TPSA) is 71.0 Å². The number of benzene rings is 1. The van der Waals surface area contributed by atoms with E-state index in [2.05, 4.69) is 46.3 Å². The molecule has 0 amide bonds. The minimum absolute atomic E-state index is 0.361. The first-order valence-electron chi connectivity index (χ1n) is 11.0. The Morgan fingerprint density at radius 1 is 1.10 bits per heavy atom. The van der Waals surface area contributed by atoms with Gasteiger partial charge in [-0.25, -0.2) is 4.98 Å². The van der Waals surface area contributed by atoms with Crippen LogP contribution in [-0.4, -0.2) is 55.7 Å². The van der Waals surface area contributed by atoms with Crippen molar-refractivity contribution in [3.8, 4) is 17.4 Å². The van der Waals surface area contributed by atoms with Crippen LogP contribution < -0.4 is 20.1 Å². The predicted octanol–water partition coefficient (Wildman–Crippen LogP) is 4.06. The van der Waals surface area contributed by atoms with E-state index in [1.165, 1.54) is 6.42 Å². The molecule has 1 atom stereocenters. The average Bonchev–Trinajstić information content (AvgIpc) is 2.81. The van der Waals surface area contributed by atoms with Gasteiger partial charge in [0.2, 0.25) is 5.88 Å². The van der Waals surface area contributed by atoms with Gasteiger partial charge in [-0.2, -0.15) is 0 Å². The summed E-state index contributed by atoms with van der Waals surface area (Å²) in [7, 11) is 3.44. The fourth-order valence-electron chi connectivity index (χ4n) is 3.19. The average molecular weight is 428 g/mol. The Morgan fingerprint density at radius 2 is 1.81 bits per heavy atom. The molecule has 0 saturated heterocycles. The zero-order chi connectivity index (χ0) is 22.5. The second-order valence-electron chi connectivity index (χ2n) is 7.42. The Bertz CT molecular complexity index is 774. The number of rotatable bonds is 12. The maximum Gasteiger partial charge on any atom is 0.219 e. The molecule has 0 aliphatic carbocycles. The van der Waals surface area contributed by atoms with Crippen LogP contribution in [0, 0.1) is 0 Å². The van der Waals surface area contributed by atoms with E-state index in [0.717, 1.165) is 49.1 Å². The summed E-state index contributed by atoms with van der Waals surface area (Å²) in [5.41, 5.74) is 1.05. The van der Waals surface area contributed by atoms with E-state index in [1.807, 2.05) is 42.6 Å². The normalized spacial score (nSPS) is 12.5. The molecule has 0 radical (unpaired) electrons. The van der Waals surface area contributed by atoms with Gasteiger partial charge in [-0.1, -0.05) is 19.9 Å². The van der Waals surface area contributed by atoms with Crippen molar-refractivity contribution in [3.05, 3.63) is 48.2 Å². The number of hydrogen-bond acceptors (Lipinski definition) is 5. The summed E-state index contributed by atoms with van der Waals surface area (Å²) in [6.45, 7) is 10.6. The van der Waals surface area contributed by atoms with Crippen LogP contribution in [-0.2, 0) is 6.54 Å². The molecule has 7 nitrogen and oxygen atoms in total. The lowest BCUT2D eigenvalue weighted by molar-refractivity contribution is 0.292. The van der Waals surface area contributed by atoms with Crippen LogP contribution in [0.4, 0.5) is 0 Å². The van der Waals surface area contributed by atoms with Crippen LogP contribution >= 0.6 is 0 Å². The first-order chi connectivity index (χ1) is 15.1. The summed E-state index contributed by atoms with van der Waals surface area (Å²) < 4.78 is 10.9. The third kappa shape index (κ3) is 8.84. The van der Waals surface area contributed by atoms with Crippen LogP contribution in [0.15, 0.2) is 47.6 Å². The molecule has 1 heterocycles. The highest BCUT2D eigenvalue weighted by molar-refractivity contribution is 5.79. The molecule has 1 aromatic carbocycles. The number of guanidine groups is 1. The lowest BCUT2D eigenvalue weighted by Gasteiger charge is -2.21. The van der Waals surface area contributed by atoms with E-state index in [1.54, 1.807) is 14.2 Å². The van der Waals surface area contributed by atoms with Gasteiger partial charge in [0.15, 0.2) is 5.96 Å². The van der Waals surface area contributed by atoms with Gasteiger partial charge in [0.1, 0.15) is 11.5 Å². The maximum absolute atomic E-state index is 5.78. The van der Waals surface area contributed by atoms with Crippen molar-refractivity contribution in [3.63, 3.8) is 0 Å². The summed E-state index contributed by atoms with van der Waals surface area (Å²) in [4.78, 5) is 11.2. The van der Waals surface area contributed by atoms with E-state index >= 15 is 0 Å². The fraction of sp³-hybridized carbons (Fsp3) is 0.500. The minimum Gasteiger partial charge on any atom is -0.497 e. The second kappa shape index (κ2) is 13.5. The first-order valence-corrected chi connectivity index (χ1v) is 11.0. The third-order valence-electron chi connectivity index (χ3n) is 5.15. The number of methoxy groups -OCH3 is 1. The van der Waals surface area contributed by atoms with Gasteiger partial charge >= 0.3 is 0 Å². The number of aliphatic imine (C=N–C) groups is 1. The quantitative estimate of drug-likeness (QED) is 0.393. The highest BCUT2D eigenvalue weighted by Crippen LogP contribution is 2.22. The summed E-state index contributed by atoms with van der Waals surface area (Å²) in [5, 5.41) is 6.82. The lowest BCUT2D eigenvalue weighted by atomic mass is 10.2. The molecule has 170 valence electrons. The zero-order valence-electron chi connectivity index (χ0n) is 19.5. The van der Waals surface area contributed by atoms with Crippen LogP contribution in [0.3, 0.4) is 0 Å². The highest BCUT2D eigenvalue weighted by Gasteiger charge is 2.07. The number of pyridine rings is 1. The third-order valence-corrected chi connectivity index (χ3v) is 5.15. The molecule has 0 spiro atoms. The van der Waals surface area contributed by atoms with Crippen molar-refractivity contribution >= 4 is 5.96 Å². The van der Waals surface area contributed by atoms with E-state index in [4.69, 9.17) is 9.47 Å². The maximum atomic E-state index is 5.78. The molecular formula is C24H37N5O2. The lowest BCUT2D eigenvalue weighted by Crippen LogP contribution is -2.42. The molecule has 1 aromatic heterocycles. The number of aromatic nitrogens is 1. The van der Waals surface area contributed by atoms with Crippen molar-refractivity contribution in [1.82, 2.24) is 20.5 Å². The molecule has 1 unspecified atom stereocenters. The number of nitrogens with one attached hydrogen (secondary N) is 2. The molecule has 0 saturated carbocycles. The van der Waals surface area contributed by atoms with Crippen molar-refractivity contribution in [2.24, 2.45) is 4.99 Å². The van der Waals surface area contributed by atoms with Gasteiger partial charge < -0.3 is 25.0 Å². The summed E-state index contributed by atoms with van der Waals surface area (Å²) in [5.74, 6) is 2.87. The van der Waals surface area contributed by atoms with Crippen molar-refractivity contribution in [2.75, 3.05) is 33.8 Å². The van der Waals surface area contributed by atoms with Crippen LogP contribution in [0.1, 0.15) is 39.2 Å². The first kappa shape index (κ1) is 24.5. The number of nitrogens with zero attached hydrogens (tertiary/aromatic N) is 3. The van der Waals surface area contributed by atoms with Crippen LogP contribution in [0.25, 0.3) is 0 Å². The number of hydrogen-bond donors (Lipinski definition) is 2. The monoisotopic (exact) mass is 427 g/mol. The largest absolute Gasteiger partial charge is 0.497 e. The number of ether oxygens (including phenoxy) is 2. The van der Waals surface area contributed by atoms with Gasteiger partial charge in [0.25, 0.3) is 0 Å². The molecular weight excluding hydrogens is 390 g/mol. The minimum atomic E-state index is 0.361. The molecule has 0 aliphatic rings. The molecule has 2 rings (SSSR count). The summed E-state index contributed by atoms with van der Waals surface area (Å²) in [6.07, 6.45) is 4.09. The molecule has 0 fully saturated rings. The molecule has 7 heteroatoms. The van der Waals surface area contributed by atoms with E-state index in [-0.39, 0.29) is 0 Å². The Hall–Kier alpha value is -2.80. The van der Waals surface area contributed by atoms with Crippen LogP contribution in [0.5, 0.6) is 17.4 Å². The van der Waals surface area contributed by atoms with E-state index in [0.29, 0.717) is 18.5 Å². The van der Waals surface area contributed by atoms with Crippen molar-refractivity contribution in [1.29, 1.82) is 0 Å². The Kier molecular flexibility index (Phi) is 10.6. The zero-order valence-corrected chi connectivity index (χ0v) is 19.5. The summed E-state index contributed by atoms with van der Waals surface area (Å²) >= 11 is 0. The summed E-state index contributed by atoms with van der Waals surface area (Å²) in [6, 6.07) is 11.7. The molecule has 2 aromatic rings. The van der Waals surface area contributed by atoms with Gasteiger partial charge in [-0.15, -0.1) is 0 Å². The smallest absolute Gasteiger partial charge is 0.219 e. The second-order valence-corrected chi connectivity index (χ2v) is 7.42.